The number of ether oxygens (including phenoxy) is 1. The van der Waals surface area contributed by atoms with Crippen molar-refractivity contribution in [2.75, 3.05) is 13.7 Å². The lowest BCUT2D eigenvalue weighted by Crippen LogP contribution is -2.42. The van der Waals surface area contributed by atoms with Crippen molar-refractivity contribution in [3.05, 3.63) is 35.9 Å². The zero-order valence-electron chi connectivity index (χ0n) is 11.2. The van der Waals surface area contributed by atoms with E-state index in [1.165, 1.54) is 19.2 Å². The maximum absolute atomic E-state index is 13.1. The molecule has 19 heavy (non-hydrogen) atoms. The predicted octanol–water partition coefficient (Wildman–Crippen LogP) is 3.69. The van der Waals surface area contributed by atoms with E-state index >= 15 is 0 Å². The second-order valence-corrected chi connectivity index (χ2v) is 4.49. The van der Waals surface area contributed by atoms with Gasteiger partial charge < -0.3 is 4.74 Å². The molecule has 5 heteroatoms. The molecule has 0 radical (unpaired) electrons. The maximum atomic E-state index is 13.1. The van der Waals surface area contributed by atoms with Crippen LogP contribution in [-0.2, 0) is 4.74 Å². The van der Waals surface area contributed by atoms with Crippen molar-refractivity contribution in [1.29, 1.82) is 0 Å². The number of hydrogen-bond acceptors (Lipinski definition) is 2. The first-order valence-electron chi connectivity index (χ1n) is 6.35. The third-order valence-corrected chi connectivity index (χ3v) is 2.87. The van der Waals surface area contributed by atoms with Crippen LogP contribution in [0.5, 0.6) is 0 Å². The van der Waals surface area contributed by atoms with Gasteiger partial charge >= 0.3 is 6.18 Å². The third kappa shape index (κ3) is 5.20. The first-order valence-corrected chi connectivity index (χ1v) is 6.35. The molecule has 2 atom stereocenters. The first kappa shape index (κ1) is 16.0. The van der Waals surface area contributed by atoms with Crippen molar-refractivity contribution < 1.29 is 17.9 Å². The molecule has 0 bridgehead atoms. The number of halogens is 3. The van der Waals surface area contributed by atoms with Gasteiger partial charge in [0.05, 0.1) is 6.61 Å². The van der Waals surface area contributed by atoms with Crippen LogP contribution < -0.4 is 5.32 Å². The lowest BCUT2D eigenvalue weighted by Gasteiger charge is -2.27. The van der Waals surface area contributed by atoms with E-state index in [0.29, 0.717) is 6.42 Å². The molecule has 2 unspecified atom stereocenters. The summed E-state index contributed by atoms with van der Waals surface area (Å²) in [4.78, 5) is 0. The normalized spacial score (nSPS) is 15.2. The van der Waals surface area contributed by atoms with Gasteiger partial charge in [0, 0.05) is 13.2 Å². The molecule has 2 nitrogen and oxygen atoms in total. The van der Waals surface area contributed by atoms with Gasteiger partial charge in [-0.1, -0.05) is 43.7 Å². The van der Waals surface area contributed by atoms with Crippen molar-refractivity contribution in [3.8, 4) is 0 Å². The van der Waals surface area contributed by atoms with Gasteiger partial charge in [-0.25, -0.2) is 0 Å². The van der Waals surface area contributed by atoms with Crippen molar-refractivity contribution in [2.24, 2.45) is 0 Å². The standard InChI is InChI=1S/C14H20F3NO/c1-3-7-12(10-19-2)18-13(14(15,16)17)11-8-5-4-6-9-11/h4-6,8-9,12-13,18H,3,7,10H2,1-2H3. The number of nitrogens with one attached hydrogen (secondary N) is 1. The van der Waals surface area contributed by atoms with Crippen LogP contribution in [-0.4, -0.2) is 25.9 Å². The number of methoxy groups -OCH3 is 1. The summed E-state index contributed by atoms with van der Waals surface area (Å²) in [6.07, 6.45) is -2.87. The van der Waals surface area contributed by atoms with Gasteiger partial charge in [0.1, 0.15) is 6.04 Å². The van der Waals surface area contributed by atoms with Crippen LogP contribution >= 0.6 is 0 Å². The summed E-state index contributed by atoms with van der Waals surface area (Å²) in [5, 5.41) is 2.66. The maximum Gasteiger partial charge on any atom is 0.407 e. The Bertz CT molecular complexity index is 347. The monoisotopic (exact) mass is 275 g/mol. The van der Waals surface area contributed by atoms with Crippen molar-refractivity contribution in [1.82, 2.24) is 5.32 Å². The molecule has 1 aromatic rings. The van der Waals surface area contributed by atoms with Crippen LogP contribution in [0.15, 0.2) is 30.3 Å². The molecule has 0 amide bonds. The number of benzene rings is 1. The van der Waals surface area contributed by atoms with Crippen LogP contribution in [0.25, 0.3) is 0 Å². The van der Waals surface area contributed by atoms with E-state index in [1.807, 2.05) is 6.92 Å². The summed E-state index contributed by atoms with van der Waals surface area (Å²) < 4.78 is 44.4. The molecule has 108 valence electrons. The Balaban J connectivity index is 2.86. The average molecular weight is 275 g/mol. The van der Waals surface area contributed by atoms with Gasteiger partial charge in [-0.15, -0.1) is 0 Å². The molecule has 0 aromatic heterocycles. The number of alkyl halides is 3. The minimum atomic E-state index is -4.32. The number of hydrogen-bond donors (Lipinski definition) is 1. The molecular weight excluding hydrogens is 255 g/mol. The summed E-state index contributed by atoms with van der Waals surface area (Å²) in [6, 6.07) is 5.95. The highest BCUT2D eigenvalue weighted by Gasteiger charge is 2.41. The molecule has 1 aromatic carbocycles. The summed E-state index contributed by atoms with van der Waals surface area (Å²) in [5.74, 6) is 0. The smallest absolute Gasteiger partial charge is 0.383 e. The SMILES string of the molecule is CCCC(COC)NC(c1ccccc1)C(F)(F)F. The highest BCUT2D eigenvalue weighted by Crippen LogP contribution is 2.33. The molecule has 0 saturated carbocycles. The Labute approximate surface area is 112 Å². The average Bonchev–Trinajstić information content (AvgIpc) is 2.36. The van der Waals surface area contributed by atoms with Crippen LogP contribution in [0.1, 0.15) is 31.4 Å². The van der Waals surface area contributed by atoms with E-state index in [9.17, 15) is 13.2 Å². The molecule has 0 saturated heterocycles. The summed E-state index contributed by atoms with van der Waals surface area (Å²) in [6.45, 7) is 2.21. The van der Waals surface area contributed by atoms with Crippen LogP contribution in [0.2, 0.25) is 0 Å². The fourth-order valence-electron chi connectivity index (χ4n) is 2.03. The van der Waals surface area contributed by atoms with Crippen LogP contribution in [0.4, 0.5) is 13.2 Å². The minimum absolute atomic E-state index is 0.229. The third-order valence-electron chi connectivity index (χ3n) is 2.87. The Hall–Kier alpha value is -1.07. The quantitative estimate of drug-likeness (QED) is 0.819. The Morgan fingerprint density at radius 3 is 2.32 bits per heavy atom. The topological polar surface area (TPSA) is 21.3 Å². The summed E-state index contributed by atoms with van der Waals surface area (Å²) >= 11 is 0. The fourth-order valence-corrected chi connectivity index (χ4v) is 2.03. The van der Waals surface area contributed by atoms with E-state index in [0.717, 1.165) is 6.42 Å². The zero-order valence-corrected chi connectivity index (χ0v) is 11.2. The van der Waals surface area contributed by atoms with E-state index in [1.54, 1.807) is 18.2 Å². The van der Waals surface area contributed by atoms with Gasteiger partial charge in [-0.05, 0) is 12.0 Å². The lowest BCUT2D eigenvalue weighted by molar-refractivity contribution is -0.160. The predicted molar refractivity (Wildman–Crippen MR) is 68.9 cm³/mol. The van der Waals surface area contributed by atoms with E-state index < -0.39 is 12.2 Å². The largest absolute Gasteiger partial charge is 0.407 e. The molecule has 0 aliphatic rings. The van der Waals surface area contributed by atoms with Crippen molar-refractivity contribution in [2.45, 2.75) is 38.0 Å². The van der Waals surface area contributed by atoms with E-state index in [4.69, 9.17) is 4.74 Å². The Morgan fingerprint density at radius 2 is 1.84 bits per heavy atom. The van der Waals surface area contributed by atoms with Crippen molar-refractivity contribution in [3.63, 3.8) is 0 Å². The van der Waals surface area contributed by atoms with Crippen molar-refractivity contribution >= 4 is 0 Å². The summed E-state index contributed by atoms with van der Waals surface area (Å²) in [5.41, 5.74) is 0.229. The number of rotatable bonds is 7. The van der Waals surface area contributed by atoms with E-state index in [2.05, 4.69) is 5.32 Å². The van der Waals surface area contributed by atoms with Gasteiger partial charge in [-0.2, -0.15) is 13.2 Å². The van der Waals surface area contributed by atoms with Gasteiger partial charge in [-0.3, -0.25) is 5.32 Å². The highest BCUT2D eigenvalue weighted by atomic mass is 19.4. The van der Waals surface area contributed by atoms with Crippen LogP contribution in [0, 0.1) is 0 Å². The van der Waals surface area contributed by atoms with E-state index in [-0.39, 0.29) is 18.2 Å². The molecule has 1 N–H and O–H groups in total. The Morgan fingerprint density at radius 1 is 1.21 bits per heavy atom. The summed E-state index contributed by atoms with van der Waals surface area (Å²) in [7, 11) is 1.50. The second-order valence-electron chi connectivity index (χ2n) is 4.49. The molecule has 0 spiro atoms. The first-order chi connectivity index (χ1) is 8.99. The highest BCUT2D eigenvalue weighted by molar-refractivity contribution is 5.20. The van der Waals surface area contributed by atoms with Gasteiger partial charge in [0.15, 0.2) is 0 Å². The second kappa shape index (κ2) is 7.50. The fraction of sp³-hybridized carbons (Fsp3) is 0.571. The zero-order chi connectivity index (χ0) is 14.3. The molecule has 0 heterocycles. The Kier molecular flexibility index (Phi) is 6.31. The van der Waals surface area contributed by atoms with Gasteiger partial charge in [0.25, 0.3) is 0 Å². The molecule has 0 aliphatic carbocycles. The van der Waals surface area contributed by atoms with Crippen LogP contribution in [0.3, 0.4) is 0 Å². The molecule has 1 rings (SSSR count). The molecule has 0 fully saturated rings. The minimum Gasteiger partial charge on any atom is -0.383 e. The lowest BCUT2D eigenvalue weighted by atomic mass is 10.0. The molecule has 0 aliphatic heterocycles. The molecular formula is C14H20F3NO. The van der Waals surface area contributed by atoms with Gasteiger partial charge in [0.2, 0.25) is 0 Å².